The Kier molecular flexibility index (Phi) is 7.10. The molecule has 0 aromatic rings. The Morgan fingerprint density at radius 2 is 2.17 bits per heavy atom. The average molecular weight is 346 g/mol. The van der Waals surface area contributed by atoms with Crippen LogP contribution >= 0.6 is 0 Å². The van der Waals surface area contributed by atoms with Gasteiger partial charge in [-0.3, -0.25) is 4.99 Å². The summed E-state index contributed by atoms with van der Waals surface area (Å²) < 4.78 is 32.1. The first-order valence-electron chi connectivity index (χ1n) is 8.60. The largest absolute Gasteiger partial charge is 0.377 e. The minimum absolute atomic E-state index is 0.00179. The van der Waals surface area contributed by atoms with E-state index in [0.717, 1.165) is 45.4 Å². The van der Waals surface area contributed by atoms with Crippen LogP contribution in [0.25, 0.3) is 0 Å². The van der Waals surface area contributed by atoms with Gasteiger partial charge < -0.3 is 15.4 Å². The molecule has 0 bridgehead atoms. The molecule has 0 aliphatic carbocycles. The van der Waals surface area contributed by atoms with Gasteiger partial charge in [-0.15, -0.1) is 0 Å². The van der Waals surface area contributed by atoms with E-state index in [4.69, 9.17) is 10.5 Å². The number of guanidine groups is 1. The fraction of sp³-hybridized carbons (Fsp3) is 0.933. The fourth-order valence-corrected chi connectivity index (χ4v) is 3.95. The fourth-order valence-electron chi connectivity index (χ4n) is 3.04. The van der Waals surface area contributed by atoms with Crippen LogP contribution < -0.4 is 10.5 Å². The Morgan fingerprint density at radius 3 is 2.87 bits per heavy atom. The lowest BCUT2D eigenvalue weighted by atomic mass is 10.0. The van der Waals surface area contributed by atoms with Gasteiger partial charge in [0.05, 0.1) is 18.4 Å². The van der Waals surface area contributed by atoms with Gasteiger partial charge in [0.2, 0.25) is 10.0 Å². The van der Waals surface area contributed by atoms with Crippen LogP contribution in [0.1, 0.15) is 39.0 Å². The van der Waals surface area contributed by atoms with Crippen molar-refractivity contribution in [2.45, 2.75) is 45.1 Å². The first-order valence-corrected chi connectivity index (χ1v) is 10.3. The Morgan fingerprint density at radius 1 is 1.35 bits per heavy atom. The van der Waals surface area contributed by atoms with Crippen molar-refractivity contribution in [3.8, 4) is 0 Å². The summed E-state index contributed by atoms with van der Waals surface area (Å²) in [6.45, 7) is 5.27. The van der Waals surface area contributed by atoms with Crippen molar-refractivity contribution in [2.75, 3.05) is 38.5 Å². The Hall–Kier alpha value is -0.860. The molecule has 2 fully saturated rings. The van der Waals surface area contributed by atoms with Crippen molar-refractivity contribution in [1.29, 1.82) is 0 Å². The number of nitrogens with zero attached hydrogens (tertiary/aromatic N) is 2. The maximum absolute atomic E-state index is 12.0. The summed E-state index contributed by atoms with van der Waals surface area (Å²) in [7, 11) is -3.33. The highest BCUT2D eigenvalue weighted by Crippen LogP contribution is 2.15. The Balaban J connectivity index is 1.71. The molecule has 2 heterocycles. The molecule has 2 rings (SSSR count). The molecule has 0 saturated carbocycles. The zero-order valence-electron chi connectivity index (χ0n) is 14.0. The molecular weight excluding hydrogens is 316 g/mol. The third kappa shape index (κ3) is 6.64. The van der Waals surface area contributed by atoms with Gasteiger partial charge in [-0.25, -0.2) is 13.1 Å². The minimum atomic E-state index is -3.33. The molecule has 0 aromatic heterocycles. The lowest BCUT2D eigenvalue weighted by Crippen LogP contribution is -2.44. The Bertz CT molecular complexity index is 489. The molecule has 0 spiro atoms. The molecular formula is C15H30N4O3S. The molecule has 3 N–H and O–H groups in total. The first-order chi connectivity index (χ1) is 11.0. The smallest absolute Gasteiger partial charge is 0.213 e. The zero-order valence-corrected chi connectivity index (χ0v) is 14.9. The number of ether oxygens (including phenoxy) is 1. The highest BCUT2D eigenvalue weighted by atomic mass is 32.2. The van der Waals surface area contributed by atoms with Gasteiger partial charge in [0.15, 0.2) is 5.96 Å². The summed E-state index contributed by atoms with van der Waals surface area (Å²) >= 11 is 0. The maximum Gasteiger partial charge on any atom is 0.213 e. The van der Waals surface area contributed by atoms with Crippen LogP contribution in [0.4, 0.5) is 0 Å². The van der Waals surface area contributed by atoms with E-state index in [2.05, 4.69) is 16.6 Å². The number of nitrogens with two attached hydrogens (primary N) is 1. The minimum Gasteiger partial charge on any atom is -0.377 e. The molecule has 8 heteroatoms. The molecule has 7 nitrogen and oxygen atoms in total. The molecule has 2 atom stereocenters. The molecule has 23 heavy (non-hydrogen) atoms. The number of nitrogens with one attached hydrogen (secondary N) is 1. The van der Waals surface area contributed by atoms with E-state index >= 15 is 0 Å². The summed E-state index contributed by atoms with van der Waals surface area (Å²) in [5.41, 5.74) is 5.97. The van der Waals surface area contributed by atoms with Crippen molar-refractivity contribution in [2.24, 2.45) is 16.6 Å². The van der Waals surface area contributed by atoms with E-state index in [9.17, 15) is 8.42 Å². The molecule has 2 unspecified atom stereocenters. The molecule has 2 aliphatic heterocycles. The van der Waals surface area contributed by atoms with Gasteiger partial charge in [-0.05, 0) is 38.0 Å². The lowest BCUT2D eigenvalue weighted by molar-refractivity contribution is 0.0200. The summed E-state index contributed by atoms with van der Waals surface area (Å²) in [6.07, 6.45) is 5.40. The molecule has 2 saturated heterocycles. The second kappa shape index (κ2) is 8.84. The monoisotopic (exact) mass is 346 g/mol. The zero-order chi connectivity index (χ0) is 16.7. The van der Waals surface area contributed by atoms with Gasteiger partial charge in [0.25, 0.3) is 0 Å². The van der Waals surface area contributed by atoms with E-state index in [1.54, 1.807) is 0 Å². The lowest BCUT2D eigenvalue weighted by Gasteiger charge is -2.31. The number of rotatable bonds is 6. The van der Waals surface area contributed by atoms with Crippen LogP contribution in [0.5, 0.6) is 0 Å². The molecule has 0 aromatic carbocycles. The van der Waals surface area contributed by atoms with E-state index < -0.39 is 10.0 Å². The van der Waals surface area contributed by atoms with E-state index in [0.29, 0.717) is 18.4 Å². The summed E-state index contributed by atoms with van der Waals surface area (Å²) in [5, 5.41) is 0. The number of hydrogen-bond donors (Lipinski definition) is 2. The van der Waals surface area contributed by atoms with Crippen LogP contribution in [-0.4, -0.2) is 63.9 Å². The SMILES string of the molecule is CC1CCCN(C(N)=NCCS(=O)(=O)NCC2CCCCO2)C1. The van der Waals surface area contributed by atoms with Crippen LogP contribution in [-0.2, 0) is 14.8 Å². The number of likely N-dealkylation sites (tertiary alicyclic amines) is 1. The van der Waals surface area contributed by atoms with Crippen LogP contribution in [0.3, 0.4) is 0 Å². The topological polar surface area (TPSA) is 97.0 Å². The molecule has 0 amide bonds. The van der Waals surface area contributed by atoms with Crippen molar-refractivity contribution in [3.63, 3.8) is 0 Å². The number of piperidine rings is 1. The predicted octanol–water partition coefficient (Wildman–Crippen LogP) is 0.522. The number of aliphatic imine (C=N–C) groups is 1. The van der Waals surface area contributed by atoms with Crippen LogP contribution in [0.15, 0.2) is 4.99 Å². The first kappa shape index (κ1) is 18.5. The molecule has 134 valence electrons. The van der Waals surface area contributed by atoms with Crippen LogP contribution in [0.2, 0.25) is 0 Å². The quantitative estimate of drug-likeness (QED) is 0.540. The summed E-state index contributed by atoms with van der Waals surface area (Å²) in [4.78, 5) is 6.28. The second-order valence-electron chi connectivity index (χ2n) is 6.59. The van der Waals surface area contributed by atoms with Gasteiger partial charge >= 0.3 is 0 Å². The van der Waals surface area contributed by atoms with Gasteiger partial charge in [-0.1, -0.05) is 6.92 Å². The number of sulfonamides is 1. The molecule has 0 radical (unpaired) electrons. The average Bonchev–Trinajstić information content (AvgIpc) is 2.54. The summed E-state index contributed by atoms with van der Waals surface area (Å²) in [6, 6.07) is 0. The van der Waals surface area contributed by atoms with Crippen LogP contribution in [0, 0.1) is 5.92 Å². The van der Waals surface area contributed by atoms with Crippen molar-refractivity contribution in [1.82, 2.24) is 9.62 Å². The molecule has 2 aliphatic rings. The van der Waals surface area contributed by atoms with E-state index in [-0.39, 0.29) is 18.4 Å². The van der Waals surface area contributed by atoms with Gasteiger partial charge in [0.1, 0.15) is 0 Å². The normalized spacial score (nSPS) is 27.2. The Labute approximate surface area is 139 Å². The second-order valence-corrected chi connectivity index (χ2v) is 8.52. The van der Waals surface area contributed by atoms with Crippen molar-refractivity contribution >= 4 is 16.0 Å². The highest BCUT2D eigenvalue weighted by molar-refractivity contribution is 7.89. The third-order valence-corrected chi connectivity index (χ3v) is 5.75. The summed E-state index contributed by atoms with van der Waals surface area (Å²) in [5.74, 6) is 1.03. The predicted molar refractivity (Wildman–Crippen MR) is 91.8 cm³/mol. The van der Waals surface area contributed by atoms with Crippen molar-refractivity contribution < 1.29 is 13.2 Å². The van der Waals surface area contributed by atoms with Gasteiger partial charge in [-0.2, -0.15) is 0 Å². The highest BCUT2D eigenvalue weighted by Gasteiger charge is 2.19. The maximum atomic E-state index is 12.0. The van der Waals surface area contributed by atoms with E-state index in [1.807, 2.05) is 4.90 Å². The van der Waals surface area contributed by atoms with E-state index in [1.165, 1.54) is 6.42 Å². The standard InChI is InChI=1S/C15H30N4O3S/c1-13-5-4-8-19(12-13)15(16)17-7-10-23(20,21)18-11-14-6-2-3-9-22-14/h13-14,18H,2-12H2,1H3,(H2,16,17). The third-order valence-electron chi connectivity index (χ3n) is 4.42. The van der Waals surface area contributed by atoms with Gasteiger partial charge in [0, 0.05) is 26.2 Å². The van der Waals surface area contributed by atoms with Crippen molar-refractivity contribution in [3.05, 3.63) is 0 Å². The number of hydrogen-bond acceptors (Lipinski definition) is 4.